The van der Waals surface area contributed by atoms with Crippen molar-refractivity contribution in [2.24, 2.45) is 5.14 Å². The molecule has 1 aromatic carbocycles. The fourth-order valence-corrected chi connectivity index (χ4v) is 3.81. The largest absolute Gasteiger partial charge is 0.351 e. The van der Waals surface area contributed by atoms with Crippen LogP contribution in [-0.2, 0) is 16.4 Å². The van der Waals surface area contributed by atoms with E-state index in [-0.39, 0.29) is 16.7 Å². The second-order valence-corrected chi connectivity index (χ2v) is 8.53. The molecule has 2 amide bonds. The topological polar surface area (TPSA) is 131 Å². The molecule has 0 radical (unpaired) electrons. The third-order valence-electron chi connectivity index (χ3n) is 4.01. The molecule has 0 saturated carbocycles. The minimum Gasteiger partial charge on any atom is -0.351 e. The Hall–Kier alpha value is -3.08. The zero-order valence-corrected chi connectivity index (χ0v) is 16.8. The van der Waals surface area contributed by atoms with Gasteiger partial charge in [-0.25, -0.2) is 13.6 Å². The average molecular weight is 431 g/mol. The number of carbonyl (C=O) groups excluding carboxylic acids is 2. The summed E-state index contributed by atoms with van der Waals surface area (Å²) in [6.07, 6.45) is 3.55. The number of nitrogens with one attached hydrogen (secondary N) is 2. The van der Waals surface area contributed by atoms with Crippen LogP contribution < -0.4 is 15.8 Å². The Balaban J connectivity index is 1.57. The minimum absolute atomic E-state index is 0.0402. The van der Waals surface area contributed by atoms with Gasteiger partial charge in [0.2, 0.25) is 10.0 Å². The quantitative estimate of drug-likeness (QED) is 0.528. The Bertz CT molecular complexity index is 1110. The van der Waals surface area contributed by atoms with Crippen molar-refractivity contribution in [3.8, 4) is 0 Å². The van der Waals surface area contributed by atoms with E-state index in [1.807, 2.05) is 0 Å². The third-order valence-corrected chi connectivity index (χ3v) is 5.86. The van der Waals surface area contributed by atoms with Gasteiger partial charge in [0, 0.05) is 24.5 Å². The third kappa shape index (κ3) is 5.47. The van der Waals surface area contributed by atoms with Crippen LogP contribution in [0.25, 0.3) is 0 Å². The maximum Gasteiger partial charge on any atom is 0.263 e. The molecule has 0 fully saturated rings. The van der Waals surface area contributed by atoms with Crippen LogP contribution in [0.4, 0.5) is 5.69 Å². The molecule has 10 heteroatoms. The van der Waals surface area contributed by atoms with Gasteiger partial charge in [-0.2, -0.15) is 0 Å². The van der Waals surface area contributed by atoms with Gasteiger partial charge in [0.1, 0.15) is 4.88 Å². The van der Waals surface area contributed by atoms with Crippen LogP contribution in [0.15, 0.2) is 65.1 Å². The Morgan fingerprint density at radius 1 is 1.00 bits per heavy atom. The maximum atomic E-state index is 12.5. The number of nitrogens with two attached hydrogens (primary N) is 1. The van der Waals surface area contributed by atoms with Crippen molar-refractivity contribution >= 4 is 38.9 Å². The highest BCUT2D eigenvalue weighted by Gasteiger charge is 2.16. The van der Waals surface area contributed by atoms with Crippen LogP contribution in [0, 0.1) is 0 Å². The lowest BCUT2D eigenvalue weighted by Crippen LogP contribution is -2.26. The van der Waals surface area contributed by atoms with Crippen LogP contribution in [0.1, 0.15) is 25.6 Å². The summed E-state index contributed by atoms with van der Waals surface area (Å²) < 4.78 is 22.5. The number of rotatable bonds is 7. The number of nitrogens with zero attached hydrogens (tertiary/aromatic N) is 1. The smallest absolute Gasteiger partial charge is 0.263 e. The molecule has 3 aromatic rings. The van der Waals surface area contributed by atoms with E-state index >= 15 is 0 Å². The van der Waals surface area contributed by atoms with Crippen molar-refractivity contribution in [3.63, 3.8) is 0 Å². The van der Waals surface area contributed by atoms with E-state index in [0.29, 0.717) is 29.1 Å². The lowest BCUT2D eigenvalue weighted by Gasteiger charge is -2.08. The molecule has 0 saturated heterocycles. The van der Waals surface area contributed by atoms with Gasteiger partial charge in [0.15, 0.2) is 0 Å². The van der Waals surface area contributed by atoms with Gasteiger partial charge < -0.3 is 10.6 Å². The molecule has 29 heavy (non-hydrogen) atoms. The monoisotopic (exact) mass is 430 g/mol. The Morgan fingerprint density at radius 2 is 1.69 bits per heavy atom. The zero-order chi connectivity index (χ0) is 20.9. The van der Waals surface area contributed by atoms with Gasteiger partial charge in [-0.3, -0.25) is 14.6 Å². The summed E-state index contributed by atoms with van der Waals surface area (Å²) in [7, 11) is -3.72. The first-order valence-electron chi connectivity index (χ1n) is 8.53. The van der Waals surface area contributed by atoms with Gasteiger partial charge in [0.25, 0.3) is 11.8 Å². The molecule has 2 aromatic heterocycles. The highest BCUT2D eigenvalue weighted by Crippen LogP contribution is 2.23. The zero-order valence-electron chi connectivity index (χ0n) is 15.2. The van der Waals surface area contributed by atoms with Crippen LogP contribution in [0.5, 0.6) is 0 Å². The number of thiophene rings is 1. The lowest BCUT2D eigenvalue weighted by molar-refractivity contribution is 0.0959. The number of benzene rings is 1. The molecular formula is C19H18N4O4S2. The molecule has 0 unspecified atom stereocenters. The number of carbonyl (C=O) groups is 2. The van der Waals surface area contributed by atoms with Gasteiger partial charge in [-0.1, -0.05) is 12.1 Å². The van der Waals surface area contributed by atoms with E-state index in [2.05, 4.69) is 15.6 Å². The molecule has 3 rings (SSSR count). The van der Waals surface area contributed by atoms with Crippen molar-refractivity contribution in [1.82, 2.24) is 10.3 Å². The second kappa shape index (κ2) is 8.95. The summed E-state index contributed by atoms with van der Waals surface area (Å²) in [4.78, 5) is 29.0. The summed E-state index contributed by atoms with van der Waals surface area (Å²) >= 11 is 1.23. The number of hydrogen-bond acceptors (Lipinski definition) is 6. The first-order chi connectivity index (χ1) is 13.8. The van der Waals surface area contributed by atoms with Crippen molar-refractivity contribution in [3.05, 3.63) is 76.2 Å². The number of hydrogen-bond donors (Lipinski definition) is 3. The van der Waals surface area contributed by atoms with Crippen LogP contribution in [-0.4, -0.2) is 31.8 Å². The fraction of sp³-hybridized carbons (Fsp3) is 0.105. The predicted molar refractivity (Wildman–Crippen MR) is 110 cm³/mol. The van der Waals surface area contributed by atoms with Crippen LogP contribution >= 0.6 is 11.3 Å². The van der Waals surface area contributed by atoms with E-state index in [1.54, 1.807) is 35.7 Å². The second-order valence-electron chi connectivity index (χ2n) is 6.05. The van der Waals surface area contributed by atoms with Crippen LogP contribution in [0.2, 0.25) is 0 Å². The van der Waals surface area contributed by atoms with E-state index in [1.165, 1.54) is 35.9 Å². The molecule has 0 atom stereocenters. The van der Waals surface area contributed by atoms with E-state index in [4.69, 9.17) is 5.14 Å². The number of pyridine rings is 1. The molecule has 2 heterocycles. The molecular weight excluding hydrogens is 412 g/mol. The van der Waals surface area contributed by atoms with Crippen molar-refractivity contribution in [2.75, 3.05) is 11.9 Å². The minimum atomic E-state index is -3.72. The first kappa shape index (κ1) is 20.6. The summed E-state index contributed by atoms with van der Waals surface area (Å²) in [6.45, 7) is 0.350. The van der Waals surface area contributed by atoms with Crippen molar-refractivity contribution < 1.29 is 18.0 Å². The van der Waals surface area contributed by atoms with Gasteiger partial charge in [-0.05, 0) is 47.7 Å². The maximum absolute atomic E-state index is 12.5. The Labute approximate surface area is 171 Å². The van der Waals surface area contributed by atoms with E-state index in [0.717, 1.165) is 5.56 Å². The molecule has 0 spiro atoms. The lowest BCUT2D eigenvalue weighted by atomic mass is 10.1. The standard InChI is InChI=1S/C19H18N4O4S2/c20-29(26,27)15-3-1-13(2-4-15)5-11-22-19(25)17-16(8-12-28-17)23-18(24)14-6-9-21-10-7-14/h1-4,6-10,12H,5,11H2,(H,22,25)(H,23,24)(H2,20,26,27). The van der Waals surface area contributed by atoms with Gasteiger partial charge in [-0.15, -0.1) is 11.3 Å². The Morgan fingerprint density at radius 3 is 2.34 bits per heavy atom. The summed E-state index contributed by atoms with van der Waals surface area (Å²) in [5.41, 5.74) is 1.74. The van der Waals surface area contributed by atoms with Crippen LogP contribution in [0.3, 0.4) is 0 Å². The molecule has 4 N–H and O–H groups in total. The van der Waals surface area contributed by atoms with Crippen molar-refractivity contribution in [1.29, 1.82) is 0 Å². The number of anilines is 1. The van der Waals surface area contributed by atoms with Crippen molar-refractivity contribution in [2.45, 2.75) is 11.3 Å². The highest BCUT2D eigenvalue weighted by atomic mass is 32.2. The SMILES string of the molecule is NS(=O)(=O)c1ccc(CCNC(=O)c2sccc2NC(=O)c2ccncc2)cc1. The number of primary sulfonamides is 1. The number of aromatic nitrogens is 1. The normalized spacial score (nSPS) is 11.1. The number of amides is 2. The number of sulfonamides is 1. The Kier molecular flexibility index (Phi) is 6.37. The predicted octanol–water partition coefficient (Wildman–Crippen LogP) is 2.02. The molecule has 150 valence electrons. The molecule has 0 aliphatic heterocycles. The summed E-state index contributed by atoms with van der Waals surface area (Å²) in [6, 6.07) is 11.0. The summed E-state index contributed by atoms with van der Waals surface area (Å²) in [5, 5.41) is 12.3. The molecule has 0 aliphatic rings. The first-order valence-corrected chi connectivity index (χ1v) is 11.0. The van der Waals surface area contributed by atoms with E-state index in [9.17, 15) is 18.0 Å². The summed E-state index contributed by atoms with van der Waals surface area (Å²) in [5.74, 6) is -0.624. The molecule has 8 nitrogen and oxygen atoms in total. The fourth-order valence-electron chi connectivity index (χ4n) is 2.53. The molecule has 0 bridgehead atoms. The van der Waals surface area contributed by atoms with E-state index < -0.39 is 10.0 Å². The average Bonchev–Trinajstić information content (AvgIpc) is 3.16. The van der Waals surface area contributed by atoms with Gasteiger partial charge in [0.05, 0.1) is 10.6 Å². The highest BCUT2D eigenvalue weighted by molar-refractivity contribution is 7.89. The molecule has 0 aliphatic carbocycles. The van der Waals surface area contributed by atoms with Gasteiger partial charge >= 0.3 is 0 Å².